The van der Waals surface area contributed by atoms with Crippen LogP contribution in [0.1, 0.15) is 24.0 Å². The Balaban J connectivity index is 1.89. The monoisotopic (exact) mass is 276 g/mol. The summed E-state index contributed by atoms with van der Waals surface area (Å²) >= 11 is 0. The second kappa shape index (κ2) is 6.52. The summed E-state index contributed by atoms with van der Waals surface area (Å²) in [5.74, 6) is -0.791. The summed E-state index contributed by atoms with van der Waals surface area (Å²) in [7, 11) is 1.73. The van der Waals surface area contributed by atoms with Crippen molar-refractivity contribution in [1.82, 2.24) is 10.2 Å². The number of hydrogen-bond donors (Lipinski definition) is 2. The molecule has 1 aromatic carbocycles. The predicted molar refractivity (Wildman–Crippen MR) is 75.3 cm³/mol. The third kappa shape index (κ3) is 3.57. The number of amides is 1. The summed E-state index contributed by atoms with van der Waals surface area (Å²) in [6.45, 7) is 1.18. The molecule has 0 spiro atoms. The van der Waals surface area contributed by atoms with Gasteiger partial charge in [0.1, 0.15) is 0 Å². The Morgan fingerprint density at radius 1 is 1.35 bits per heavy atom. The molecule has 1 heterocycles. The second-order valence-corrected chi connectivity index (χ2v) is 5.16. The number of carbonyl (C=O) groups is 2. The van der Waals surface area contributed by atoms with Gasteiger partial charge in [-0.1, -0.05) is 24.3 Å². The lowest BCUT2D eigenvalue weighted by Gasteiger charge is -2.29. The zero-order chi connectivity index (χ0) is 14.5. The van der Waals surface area contributed by atoms with E-state index in [9.17, 15) is 9.59 Å². The maximum atomic E-state index is 12.3. The number of fused-ring (bicyclic) bond motifs is 1. The van der Waals surface area contributed by atoms with Crippen LogP contribution in [-0.4, -0.2) is 41.5 Å². The number of likely N-dealkylation sites (N-methyl/N-ethyl adjacent to an activating group) is 1. The van der Waals surface area contributed by atoms with Crippen LogP contribution in [0.25, 0.3) is 0 Å². The van der Waals surface area contributed by atoms with Gasteiger partial charge in [-0.2, -0.15) is 0 Å². The molecule has 20 heavy (non-hydrogen) atoms. The van der Waals surface area contributed by atoms with Crippen LogP contribution in [0, 0.1) is 0 Å². The molecule has 1 aromatic rings. The highest BCUT2D eigenvalue weighted by Gasteiger charge is 2.26. The first-order chi connectivity index (χ1) is 9.58. The highest BCUT2D eigenvalue weighted by molar-refractivity contribution is 5.82. The molecular formula is C15H20N2O3. The smallest absolute Gasteiger partial charge is 0.303 e. The number of nitrogens with zero attached hydrogens (tertiary/aromatic N) is 1. The number of rotatable bonds is 5. The van der Waals surface area contributed by atoms with Gasteiger partial charge in [0.25, 0.3) is 0 Å². The average Bonchev–Trinajstić information content (AvgIpc) is 2.45. The van der Waals surface area contributed by atoms with Crippen LogP contribution in [0.3, 0.4) is 0 Å². The molecule has 108 valence electrons. The topological polar surface area (TPSA) is 69.6 Å². The summed E-state index contributed by atoms with van der Waals surface area (Å²) < 4.78 is 0. The van der Waals surface area contributed by atoms with Crippen molar-refractivity contribution in [2.75, 3.05) is 13.6 Å². The zero-order valence-corrected chi connectivity index (χ0v) is 11.6. The van der Waals surface area contributed by atoms with Crippen molar-refractivity contribution in [3.05, 3.63) is 35.4 Å². The summed E-state index contributed by atoms with van der Waals surface area (Å²) in [6.07, 6.45) is 1.28. The number of carbonyl (C=O) groups excluding carboxylic acids is 1. The first kappa shape index (κ1) is 14.5. The third-order valence-electron chi connectivity index (χ3n) is 3.64. The molecule has 1 atom stereocenters. The quantitative estimate of drug-likeness (QED) is 0.842. The van der Waals surface area contributed by atoms with E-state index in [0.717, 1.165) is 0 Å². The Bertz CT molecular complexity index is 502. The largest absolute Gasteiger partial charge is 0.481 e. The first-order valence-electron chi connectivity index (χ1n) is 6.85. The van der Waals surface area contributed by atoms with Gasteiger partial charge in [0.2, 0.25) is 5.91 Å². The molecule has 0 aliphatic carbocycles. The number of carboxylic acids is 1. The van der Waals surface area contributed by atoms with Gasteiger partial charge in [0.15, 0.2) is 0 Å². The highest BCUT2D eigenvalue weighted by Crippen LogP contribution is 2.17. The van der Waals surface area contributed by atoms with Crippen LogP contribution >= 0.6 is 0 Å². The summed E-state index contributed by atoms with van der Waals surface area (Å²) in [5, 5.41) is 11.9. The molecule has 0 saturated heterocycles. The molecule has 2 rings (SSSR count). The normalized spacial score (nSPS) is 17.4. The molecule has 1 aliphatic rings. The van der Waals surface area contributed by atoms with E-state index in [1.807, 2.05) is 12.1 Å². The van der Waals surface area contributed by atoms with Gasteiger partial charge in [-0.15, -0.1) is 0 Å². The SMILES string of the molecule is CN(CCCC(=O)O)C(=O)[C@@H]1Cc2ccccc2CN1. The van der Waals surface area contributed by atoms with E-state index >= 15 is 0 Å². The molecule has 0 unspecified atom stereocenters. The second-order valence-electron chi connectivity index (χ2n) is 5.16. The van der Waals surface area contributed by atoms with Gasteiger partial charge < -0.3 is 15.3 Å². The van der Waals surface area contributed by atoms with Gasteiger partial charge in [0.05, 0.1) is 6.04 Å². The van der Waals surface area contributed by atoms with Gasteiger partial charge in [-0.05, 0) is 24.0 Å². The van der Waals surface area contributed by atoms with E-state index in [2.05, 4.69) is 17.4 Å². The Labute approximate surface area is 118 Å². The van der Waals surface area contributed by atoms with E-state index in [-0.39, 0.29) is 18.4 Å². The highest BCUT2D eigenvalue weighted by atomic mass is 16.4. The summed E-state index contributed by atoms with van der Waals surface area (Å²) in [6, 6.07) is 7.91. The molecule has 0 radical (unpaired) electrons. The molecular weight excluding hydrogens is 256 g/mol. The lowest BCUT2D eigenvalue weighted by atomic mass is 9.95. The van der Waals surface area contributed by atoms with Crippen LogP contribution in [0.5, 0.6) is 0 Å². The maximum Gasteiger partial charge on any atom is 0.303 e. The fourth-order valence-electron chi connectivity index (χ4n) is 2.47. The van der Waals surface area contributed by atoms with Gasteiger partial charge in [-0.3, -0.25) is 9.59 Å². The number of hydrogen-bond acceptors (Lipinski definition) is 3. The maximum absolute atomic E-state index is 12.3. The molecule has 5 nitrogen and oxygen atoms in total. The van der Waals surface area contributed by atoms with Crippen molar-refractivity contribution in [2.24, 2.45) is 0 Å². The van der Waals surface area contributed by atoms with E-state index in [4.69, 9.17) is 5.11 Å². The van der Waals surface area contributed by atoms with Gasteiger partial charge in [0, 0.05) is 26.6 Å². The molecule has 0 bridgehead atoms. The van der Waals surface area contributed by atoms with E-state index in [0.29, 0.717) is 25.9 Å². The first-order valence-corrected chi connectivity index (χ1v) is 6.85. The van der Waals surface area contributed by atoms with E-state index in [1.54, 1.807) is 11.9 Å². The molecule has 0 fully saturated rings. The molecule has 0 saturated carbocycles. The van der Waals surface area contributed by atoms with E-state index in [1.165, 1.54) is 11.1 Å². The minimum atomic E-state index is -0.824. The number of aliphatic carboxylic acids is 1. The third-order valence-corrected chi connectivity index (χ3v) is 3.64. The fourth-order valence-corrected chi connectivity index (χ4v) is 2.47. The Morgan fingerprint density at radius 2 is 2.05 bits per heavy atom. The molecule has 0 aromatic heterocycles. The lowest BCUT2D eigenvalue weighted by Crippen LogP contribution is -2.48. The van der Waals surface area contributed by atoms with Crippen LogP contribution in [-0.2, 0) is 22.6 Å². The molecule has 1 aliphatic heterocycles. The Kier molecular flexibility index (Phi) is 4.74. The standard InChI is InChI=1S/C15H20N2O3/c1-17(8-4-7-14(18)19)15(20)13-9-11-5-2-3-6-12(11)10-16-13/h2-3,5-6,13,16H,4,7-10H2,1H3,(H,18,19)/t13-/m0/s1. The van der Waals surface area contributed by atoms with Crippen molar-refractivity contribution in [1.29, 1.82) is 0 Å². The Hall–Kier alpha value is -1.88. The van der Waals surface area contributed by atoms with Gasteiger partial charge in [-0.25, -0.2) is 0 Å². The molecule has 2 N–H and O–H groups in total. The fraction of sp³-hybridized carbons (Fsp3) is 0.467. The van der Waals surface area contributed by atoms with Crippen molar-refractivity contribution >= 4 is 11.9 Å². The predicted octanol–water partition coefficient (Wildman–Crippen LogP) is 1.02. The number of benzene rings is 1. The Morgan fingerprint density at radius 3 is 2.75 bits per heavy atom. The van der Waals surface area contributed by atoms with Crippen LogP contribution < -0.4 is 5.32 Å². The van der Waals surface area contributed by atoms with E-state index < -0.39 is 5.97 Å². The van der Waals surface area contributed by atoms with Gasteiger partial charge >= 0.3 is 5.97 Å². The minimum absolute atomic E-state index is 0.0323. The summed E-state index contributed by atoms with van der Waals surface area (Å²) in [5.41, 5.74) is 2.45. The number of carboxylic acid groups (broad SMARTS) is 1. The van der Waals surface area contributed by atoms with Crippen LogP contribution in [0.2, 0.25) is 0 Å². The lowest BCUT2D eigenvalue weighted by molar-refractivity contribution is -0.138. The van der Waals surface area contributed by atoms with Crippen molar-refractivity contribution in [3.63, 3.8) is 0 Å². The average molecular weight is 276 g/mol. The van der Waals surface area contributed by atoms with Crippen molar-refractivity contribution in [2.45, 2.75) is 31.8 Å². The number of nitrogens with one attached hydrogen (secondary N) is 1. The van der Waals surface area contributed by atoms with Crippen LogP contribution in [0.4, 0.5) is 0 Å². The minimum Gasteiger partial charge on any atom is -0.481 e. The molecule has 1 amide bonds. The van der Waals surface area contributed by atoms with Crippen molar-refractivity contribution in [3.8, 4) is 0 Å². The van der Waals surface area contributed by atoms with Crippen molar-refractivity contribution < 1.29 is 14.7 Å². The zero-order valence-electron chi connectivity index (χ0n) is 11.6. The summed E-state index contributed by atoms with van der Waals surface area (Å²) in [4.78, 5) is 24.4. The van der Waals surface area contributed by atoms with Crippen LogP contribution in [0.15, 0.2) is 24.3 Å². The molecule has 5 heteroatoms.